The second kappa shape index (κ2) is 4.72. The van der Waals surface area contributed by atoms with Gasteiger partial charge in [-0.25, -0.2) is 9.67 Å². The summed E-state index contributed by atoms with van der Waals surface area (Å²) in [5, 5.41) is 15.9. The third kappa shape index (κ3) is 2.17. The van der Waals surface area contributed by atoms with Gasteiger partial charge in [0.15, 0.2) is 0 Å². The molecule has 1 aromatic rings. The van der Waals surface area contributed by atoms with Crippen LogP contribution in [0.25, 0.3) is 0 Å². The minimum atomic E-state index is -0.384. The normalized spacial score (nSPS) is 20.4. The number of piperazine rings is 1. The van der Waals surface area contributed by atoms with Gasteiger partial charge in [0.1, 0.15) is 25.2 Å². The quantitative estimate of drug-likeness (QED) is 0.662. The van der Waals surface area contributed by atoms with Crippen molar-refractivity contribution in [1.29, 1.82) is 5.26 Å². The average Bonchev–Trinajstić information content (AvgIpc) is 2.81. The molecule has 1 N–H and O–H groups in total. The molecule has 2 rings (SSSR count). The summed E-state index contributed by atoms with van der Waals surface area (Å²) in [6.45, 7) is 1.95. The molecule has 0 aliphatic carbocycles. The van der Waals surface area contributed by atoms with Crippen LogP contribution in [0.1, 0.15) is 0 Å². The van der Waals surface area contributed by atoms with Crippen LogP contribution >= 0.6 is 0 Å². The number of carbonyl (C=O) groups is 1. The minimum absolute atomic E-state index is 0.0986. The number of hydrogen-bond donors (Lipinski definition) is 1. The van der Waals surface area contributed by atoms with Crippen LogP contribution in [0.2, 0.25) is 0 Å². The van der Waals surface area contributed by atoms with Crippen LogP contribution in [0.4, 0.5) is 0 Å². The Labute approximate surface area is 92.7 Å². The molecule has 0 saturated carbocycles. The maximum atomic E-state index is 11.9. The van der Waals surface area contributed by atoms with Crippen molar-refractivity contribution in [2.45, 2.75) is 12.6 Å². The molecule has 1 saturated heterocycles. The number of aromatic nitrogens is 3. The molecule has 2 heterocycles. The number of hydrogen-bond acceptors (Lipinski definition) is 5. The van der Waals surface area contributed by atoms with E-state index in [2.05, 4.69) is 21.5 Å². The summed E-state index contributed by atoms with van der Waals surface area (Å²) in [5.74, 6) is -0.0986. The third-order valence-corrected chi connectivity index (χ3v) is 2.48. The summed E-state index contributed by atoms with van der Waals surface area (Å²) >= 11 is 0. The Morgan fingerprint density at radius 2 is 2.56 bits per heavy atom. The maximum Gasteiger partial charge on any atom is 0.245 e. The zero-order valence-corrected chi connectivity index (χ0v) is 8.70. The Hall–Kier alpha value is -1.94. The summed E-state index contributed by atoms with van der Waals surface area (Å²) in [6, 6.07) is 1.73. The fourth-order valence-electron chi connectivity index (χ4n) is 1.66. The molecule has 0 bridgehead atoms. The van der Waals surface area contributed by atoms with Crippen molar-refractivity contribution in [2.75, 3.05) is 19.6 Å². The Morgan fingerprint density at radius 3 is 3.25 bits per heavy atom. The van der Waals surface area contributed by atoms with E-state index in [1.807, 2.05) is 0 Å². The number of carbonyl (C=O) groups excluding carboxylic acids is 1. The van der Waals surface area contributed by atoms with Crippen LogP contribution in [-0.4, -0.2) is 51.2 Å². The summed E-state index contributed by atoms with van der Waals surface area (Å²) in [4.78, 5) is 17.2. The Balaban J connectivity index is 2.00. The number of nitrogens with zero attached hydrogens (tertiary/aromatic N) is 5. The van der Waals surface area contributed by atoms with Gasteiger partial charge in [-0.3, -0.25) is 4.79 Å². The van der Waals surface area contributed by atoms with E-state index in [1.54, 1.807) is 4.90 Å². The second-order valence-corrected chi connectivity index (χ2v) is 3.53. The van der Waals surface area contributed by atoms with Gasteiger partial charge in [0.05, 0.1) is 6.07 Å². The molecule has 0 spiro atoms. The van der Waals surface area contributed by atoms with E-state index in [-0.39, 0.29) is 18.5 Å². The molecule has 16 heavy (non-hydrogen) atoms. The minimum Gasteiger partial charge on any atom is -0.322 e. The fourth-order valence-corrected chi connectivity index (χ4v) is 1.66. The summed E-state index contributed by atoms with van der Waals surface area (Å²) in [7, 11) is 0. The number of amides is 1. The van der Waals surface area contributed by atoms with Crippen LogP contribution in [0.3, 0.4) is 0 Å². The second-order valence-electron chi connectivity index (χ2n) is 3.53. The first-order chi connectivity index (χ1) is 7.81. The van der Waals surface area contributed by atoms with Crippen LogP contribution in [0.5, 0.6) is 0 Å². The molecule has 1 unspecified atom stereocenters. The monoisotopic (exact) mass is 220 g/mol. The molecule has 1 aliphatic rings. The van der Waals surface area contributed by atoms with Gasteiger partial charge in [0, 0.05) is 19.6 Å². The van der Waals surface area contributed by atoms with Crippen molar-refractivity contribution in [2.24, 2.45) is 0 Å². The Morgan fingerprint density at radius 1 is 1.69 bits per heavy atom. The van der Waals surface area contributed by atoms with E-state index in [0.29, 0.717) is 13.1 Å². The van der Waals surface area contributed by atoms with Gasteiger partial charge in [-0.2, -0.15) is 10.4 Å². The van der Waals surface area contributed by atoms with E-state index in [4.69, 9.17) is 5.26 Å². The fraction of sp³-hybridized carbons (Fsp3) is 0.556. The molecule has 0 radical (unpaired) electrons. The van der Waals surface area contributed by atoms with Crippen molar-refractivity contribution in [3.63, 3.8) is 0 Å². The Bertz CT molecular complexity index is 395. The molecular formula is C9H12N6O. The molecule has 7 nitrogen and oxygen atoms in total. The first-order valence-electron chi connectivity index (χ1n) is 5.03. The average molecular weight is 220 g/mol. The van der Waals surface area contributed by atoms with Crippen molar-refractivity contribution < 1.29 is 4.79 Å². The lowest BCUT2D eigenvalue weighted by atomic mass is 10.2. The summed E-state index contributed by atoms with van der Waals surface area (Å²) in [6.07, 6.45) is 2.87. The molecule has 1 aliphatic heterocycles. The molecule has 84 valence electrons. The Kier molecular flexibility index (Phi) is 3.12. The zero-order valence-electron chi connectivity index (χ0n) is 8.70. The lowest BCUT2D eigenvalue weighted by Gasteiger charge is -2.31. The van der Waals surface area contributed by atoms with E-state index < -0.39 is 0 Å². The van der Waals surface area contributed by atoms with Gasteiger partial charge >= 0.3 is 0 Å². The zero-order chi connectivity index (χ0) is 11.4. The molecule has 1 aromatic heterocycles. The van der Waals surface area contributed by atoms with E-state index in [1.165, 1.54) is 17.3 Å². The number of nitriles is 1. The van der Waals surface area contributed by atoms with Crippen LogP contribution < -0.4 is 5.32 Å². The lowest BCUT2D eigenvalue weighted by Crippen LogP contribution is -2.53. The highest BCUT2D eigenvalue weighted by Gasteiger charge is 2.26. The molecule has 1 atom stereocenters. The van der Waals surface area contributed by atoms with Gasteiger partial charge in [-0.15, -0.1) is 0 Å². The largest absolute Gasteiger partial charge is 0.322 e. The van der Waals surface area contributed by atoms with E-state index in [9.17, 15) is 4.79 Å². The smallest absolute Gasteiger partial charge is 0.245 e. The highest BCUT2D eigenvalue weighted by molar-refractivity contribution is 5.76. The number of rotatable bonds is 2. The summed E-state index contributed by atoms with van der Waals surface area (Å²) < 4.78 is 1.46. The topological polar surface area (TPSA) is 86.8 Å². The first kappa shape index (κ1) is 10.6. The van der Waals surface area contributed by atoms with Gasteiger partial charge in [-0.05, 0) is 0 Å². The SMILES string of the molecule is N#CC1CNCCN1C(=O)Cn1cncn1. The van der Waals surface area contributed by atoms with Crippen LogP contribution in [0, 0.1) is 11.3 Å². The van der Waals surface area contributed by atoms with Crippen molar-refractivity contribution in [1.82, 2.24) is 25.0 Å². The molecule has 7 heteroatoms. The van der Waals surface area contributed by atoms with Crippen LogP contribution in [0.15, 0.2) is 12.7 Å². The van der Waals surface area contributed by atoms with Crippen molar-refractivity contribution >= 4 is 5.91 Å². The predicted octanol–water partition coefficient (Wildman–Crippen LogP) is -1.40. The molecule has 1 fully saturated rings. The lowest BCUT2D eigenvalue weighted by molar-refractivity contribution is -0.134. The van der Waals surface area contributed by atoms with Gasteiger partial charge in [0.25, 0.3) is 0 Å². The first-order valence-corrected chi connectivity index (χ1v) is 5.03. The highest BCUT2D eigenvalue weighted by atomic mass is 16.2. The van der Waals surface area contributed by atoms with Crippen molar-refractivity contribution in [3.8, 4) is 6.07 Å². The van der Waals surface area contributed by atoms with E-state index >= 15 is 0 Å². The van der Waals surface area contributed by atoms with Crippen molar-refractivity contribution in [3.05, 3.63) is 12.7 Å². The molecule has 1 amide bonds. The predicted molar refractivity (Wildman–Crippen MR) is 54.0 cm³/mol. The molecule has 0 aromatic carbocycles. The highest BCUT2D eigenvalue weighted by Crippen LogP contribution is 2.03. The maximum absolute atomic E-state index is 11.9. The standard InChI is InChI=1S/C9H12N6O/c10-3-8-4-11-1-2-15(8)9(16)5-14-7-12-6-13-14/h6-8,11H,1-2,4-5H2. The van der Waals surface area contributed by atoms with Crippen LogP contribution in [-0.2, 0) is 11.3 Å². The third-order valence-electron chi connectivity index (χ3n) is 2.48. The van der Waals surface area contributed by atoms with Gasteiger partial charge in [-0.1, -0.05) is 0 Å². The number of nitrogens with one attached hydrogen (secondary N) is 1. The van der Waals surface area contributed by atoms with E-state index in [0.717, 1.165) is 6.54 Å². The van der Waals surface area contributed by atoms with Gasteiger partial charge < -0.3 is 10.2 Å². The molecular weight excluding hydrogens is 208 g/mol. The van der Waals surface area contributed by atoms with Gasteiger partial charge in [0.2, 0.25) is 5.91 Å². The summed E-state index contributed by atoms with van der Waals surface area (Å²) in [5.41, 5.74) is 0.